The van der Waals surface area contributed by atoms with E-state index < -0.39 is 15.7 Å². The van der Waals surface area contributed by atoms with Crippen molar-refractivity contribution in [3.63, 3.8) is 0 Å². The number of aliphatic imine (C=N–C) groups is 1. The van der Waals surface area contributed by atoms with Crippen LogP contribution >= 0.6 is 39.1 Å². The van der Waals surface area contributed by atoms with Gasteiger partial charge in [0.25, 0.3) is 0 Å². The fraction of sp³-hybridized carbons (Fsp3) is 0.364. The first-order valence-corrected chi connectivity index (χ1v) is 6.25. The van der Waals surface area contributed by atoms with Crippen LogP contribution in [0.4, 0.5) is 4.39 Å². The lowest BCUT2D eigenvalue weighted by Gasteiger charge is -2.39. The van der Waals surface area contributed by atoms with E-state index in [9.17, 15) is 4.39 Å². The van der Waals surface area contributed by atoms with Crippen molar-refractivity contribution in [1.29, 1.82) is 0 Å². The van der Waals surface area contributed by atoms with Gasteiger partial charge in [-0.1, -0.05) is 35.3 Å². The lowest BCUT2D eigenvalue weighted by Crippen LogP contribution is -2.42. The molecule has 16 heavy (non-hydrogen) atoms. The third-order valence-electron chi connectivity index (χ3n) is 2.70. The summed E-state index contributed by atoms with van der Waals surface area (Å²) in [6, 6.07) is 4.69. The second-order valence-corrected chi connectivity index (χ2v) is 6.28. The second kappa shape index (κ2) is 3.69. The van der Waals surface area contributed by atoms with Crippen molar-refractivity contribution in [3.05, 3.63) is 35.1 Å². The van der Waals surface area contributed by atoms with E-state index in [4.69, 9.17) is 23.2 Å². The van der Waals surface area contributed by atoms with Gasteiger partial charge in [0, 0.05) is 11.1 Å². The molecule has 0 N–H and O–H groups in total. The predicted octanol–water partition coefficient (Wildman–Crippen LogP) is 4.39. The zero-order valence-corrected chi connectivity index (χ0v) is 11.8. The maximum atomic E-state index is 13.8. The summed E-state index contributed by atoms with van der Waals surface area (Å²) in [5, 5.41) is 0. The van der Waals surface area contributed by atoms with E-state index in [2.05, 4.69) is 20.9 Å². The molecule has 1 aliphatic heterocycles. The van der Waals surface area contributed by atoms with Crippen LogP contribution in [0, 0.1) is 5.82 Å². The molecule has 0 bridgehead atoms. The van der Waals surface area contributed by atoms with Gasteiger partial charge >= 0.3 is 0 Å². The van der Waals surface area contributed by atoms with E-state index in [0.29, 0.717) is 10.2 Å². The molecule has 0 amide bonds. The number of rotatable bonds is 0. The Morgan fingerprint density at radius 3 is 2.56 bits per heavy atom. The van der Waals surface area contributed by atoms with E-state index in [-0.39, 0.29) is 5.56 Å². The molecule has 0 radical (unpaired) electrons. The van der Waals surface area contributed by atoms with Crippen LogP contribution < -0.4 is 0 Å². The summed E-state index contributed by atoms with van der Waals surface area (Å²) in [5.74, 6) is -0.414. The third kappa shape index (κ3) is 1.60. The summed E-state index contributed by atoms with van der Waals surface area (Å²) in [7, 11) is 0. The Kier molecular flexibility index (Phi) is 2.84. The summed E-state index contributed by atoms with van der Waals surface area (Å²) < 4.78 is 13.0. The van der Waals surface area contributed by atoms with Gasteiger partial charge in [-0.3, -0.25) is 4.99 Å². The van der Waals surface area contributed by atoms with Gasteiger partial charge < -0.3 is 0 Å². The van der Waals surface area contributed by atoms with Crippen LogP contribution in [0.2, 0.25) is 0 Å². The maximum Gasteiger partial charge on any atom is 0.171 e. The Morgan fingerprint density at radius 2 is 1.94 bits per heavy atom. The van der Waals surface area contributed by atoms with Gasteiger partial charge in [-0.05, 0) is 35.8 Å². The van der Waals surface area contributed by atoms with E-state index in [1.807, 2.05) is 0 Å². The molecule has 0 aromatic heterocycles. The maximum absolute atomic E-state index is 13.8. The average Bonchev–Trinajstić information content (AvgIpc) is 2.14. The number of nitrogens with zero attached hydrogens (tertiary/aromatic N) is 1. The number of benzene rings is 1. The monoisotopic (exact) mass is 323 g/mol. The zero-order valence-electron chi connectivity index (χ0n) is 8.69. The molecule has 0 unspecified atom stereocenters. The van der Waals surface area contributed by atoms with Gasteiger partial charge in [0.1, 0.15) is 10.4 Å². The molecule has 1 aromatic carbocycles. The molecule has 0 saturated heterocycles. The van der Waals surface area contributed by atoms with Crippen LogP contribution in [-0.4, -0.2) is 10.2 Å². The Hall–Kier alpha value is -0.120. The summed E-state index contributed by atoms with van der Waals surface area (Å²) in [6.45, 7) is 3.54. The molecule has 1 aliphatic rings. The second-order valence-electron chi connectivity index (χ2n) is 4.20. The molecule has 1 heterocycles. The Morgan fingerprint density at radius 1 is 1.31 bits per heavy atom. The van der Waals surface area contributed by atoms with Crippen LogP contribution in [-0.2, 0) is 4.33 Å². The molecule has 0 atom stereocenters. The van der Waals surface area contributed by atoms with Crippen molar-refractivity contribution in [1.82, 2.24) is 0 Å². The largest absolute Gasteiger partial charge is 0.268 e. The number of halogens is 4. The molecule has 2 rings (SSSR count). The summed E-state index contributed by atoms with van der Waals surface area (Å²) >= 11 is 15.8. The Bertz CT molecular complexity index is 483. The molecule has 5 heteroatoms. The van der Waals surface area contributed by atoms with Crippen LogP contribution in [0.1, 0.15) is 25.0 Å². The van der Waals surface area contributed by atoms with E-state index in [1.165, 1.54) is 6.07 Å². The van der Waals surface area contributed by atoms with Gasteiger partial charge in [0.15, 0.2) is 4.33 Å². The van der Waals surface area contributed by atoms with Crippen LogP contribution in [0.5, 0.6) is 0 Å². The molecule has 0 fully saturated rings. The summed E-state index contributed by atoms with van der Waals surface area (Å²) in [5.41, 5.74) is 0.0963. The summed E-state index contributed by atoms with van der Waals surface area (Å²) in [6.07, 6.45) is 0. The number of fused-ring (bicyclic) bond motifs is 1. The van der Waals surface area contributed by atoms with E-state index in [0.717, 1.165) is 0 Å². The lowest BCUT2D eigenvalue weighted by molar-refractivity contribution is 0.442. The highest BCUT2D eigenvalue weighted by molar-refractivity contribution is 9.18. The van der Waals surface area contributed by atoms with Crippen molar-refractivity contribution < 1.29 is 4.39 Å². The Labute approximate surface area is 112 Å². The molecular weight excluding hydrogens is 316 g/mol. The summed E-state index contributed by atoms with van der Waals surface area (Å²) in [4.78, 5) is 4.35. The highest BCUT2D eigenvalue weighted by Crippen LogP contribution is 2.51. The number of alkyl halides is 2. The first-order valence-electron chi connectivity index (χ1n) is 4.70. The van der Waals surface area contributed by atoms with E-state index in [1.54, 1.807) is 26.0 Å². The number of hydrogen-bond acceptors (Lipinski definition) is 1. The van der Waals surface area contributed by atoms with Crippen molar-refractivity contribution in [2.45, 2.75) is 23.7 Å². The van der Waals surface area contributed by atoms with Crippen LogP contribution in [0.15, 0.2) is 23.2 Å². The minimum absolute atomic E-state index is 0.283. The van der Waals surface area contributed by atoms with Crippen LogP contribution in [0.3, 0.4) is 0 Å². The average molecular weight is 325 g/mol. The fourth-order valence-electron chi connectivity index (χ4n) is 1.70. The van der Waals surface area contributed by atoms with Gasteiger partial charge in [0.2, 0.25) is 0 Å². The van der Waals surface area contributed by atoms with Crippen molar-refractivity contribution in [2.75, 3.05) is 0 Å². The topological polar surface area (TPSA) is 12.4 Å². The number of hydrogen-bond donors (Lipinski definition) is 0. The molecule has 0 spiro atoms. The van der Waals surface area contributed by atoms with Gasteiger partial charge in [-0.25, -0.2) is 4.39 Å². The zero-order chi connectivity index (χ0) is 12.1. The predicted molar refractivity (Wildman–Crippen MR) is 69.3 cm³/mol. The first-order chi connectivity index (χ1) is 7.27. The molecule has 0 saturated carbocycles. The molecule has 86 valence electrons. The minimum atomic E-state index is -1.37. The normalized spacial score (nSPS) is 21.2. The van der Waals surface area contributed by atoms with Crippen LogP contribution in [0.25, 0.3) is 0 Å². The standard InChI is InChI=1S/C11H9BrCl2FN/c1-10(2)11(13,14)8-6(9(12)16-10)4-3-5-7(8)15/h3-5H,1-2H3. The van der Waals surface area contributed by atoms with Gasteiger partial charge in [-0.2, -0.15) is 0 Å². The smallest absolute Gasteiger partial charge is 0.171 e. The van der Waals surface area contributed by atoms with Gasteiger partial charge in [0.05, 0.1) is 5.54 Å². The molecular formula is C11H9BrCl2FN. The van der Waals surface area contributed by atoms with Gasteiger partial charge in [-0.15, -0.1) is 0 Å². The SMILES string of the molecule is CC1(C)N=C(Br)c2cccc(F)c2C1(Cl)Cl. The van der Waals surface area contributed by atoms with Crippen molar-refractivity contribution in [3.8, 4) is 0 Å². The minimum Gasteiger partial charge on any atom is -0.268 e. The quantitative estimate of drug-likeness (QED) is 0.628. The lowest BCUT2D eigenvalue weighted by atomic mass is 9.88. The van der Waals surface area contributed by atoms with Crippen molar-refractivity contribution in [2.24, 2.45) is 4.99 Å². The third-order valence-corrected chi connectivity index (χ3v) is 4.60. The first kappa shape index (κ1) is 12.3. The molecule has 1 aromatic rings. The fourth-order valence-corrected chi connectivity index (χ4v) is 2.94. The van der Waals surface area contributed by atoms with Crippen molar-refractivity contribution >= 4 is 43.8 Å². The molecule has 1 nitrogen and oxygen atoms in total. The molecule has 0 aliphatic carbocycles. The van der Waals surface area contributed by atoms with E-state index >= 15 is 0 Å². The highest BCUT2D eigenvalue weighted by Gasteiger charge is 2.49. The Balaban J connectivity index is 2.81. The highest BCUT2D eigenvalue weighted by atomic mass is 79.9.